The van der Waals surface area contributed by atoms with Crippen LogP contribution in [0, 0.1) is 0 Å². The van der Waals surface area contributed by atoms with Gasteiger partial charge in [-0.3, -0.25) is 0 Å². The molecular formula is C22H34N3+. The predicted molar refractivity (Wildman–Crippen MR) is 107 cm³/mol. The second kappa shape index (κ2) is 11.0. The van der Waals surface area contributed by atoms with Crippen LogP contribution in [0.3, 0.4) is 0 Å². The number of nitrogens with one attached hydrogen (secondary N) is 2. The Balaban J connectivity index is 1.78. The molecular weight excluding hydrogens is 306 g/mol. The van der Waals surface area contributed by atoms with Crippen molar-refractivity contribution in [2.45, 2.75) is 25.9 Å². The van der Waals surface area contributed by atoms with E-state index in [4.69, 9.17) is 0 Å². The van der Waals surface area contributed by atoms with Gasteiger partial charge in [-0.15, -0.1) is 0 Å². The van der Waals surface area contributed by atoms with Gasteiger partial charge in [-0.05, 0) is 12.6 Å². The van der Waals surface area contributed by atoms with Gasteiger partial charge in [-0.25, -0.2) is 0 Å². The maximum atomic E-state index is 3.58. The van der Waals surface area contributed by atoms with Crippen molar-refractivity contribution in [3.05, 3.63) is 71.8 Å². The van der Waals surface area contributed by atoms with Crippen LogP contribution in [0.2, 0.25) is 0 Å². The molecule has 2 N–H and O–H groups in total. The van der Waals surface area contributed by atoms with Crippen LogP contribution in [-0.4, -0.2) is 44.8 Å². The summed E-state index contributed by atoms with van der Waals surface area (Å²) in [6, 6.07) is 21.5. The van der Waals surface area contributed by atoms with Crippen molar-refractivity contribution >= 4 is 0 Å². The zero-order valence-electron chi connectivity index (χ0n) is 15.9. The lowest BCUT2D eigenvalue weighted by molar-refractivity contribution is -0.922. The first-order chi connectivity index (χ1) is 12.2. The molecule has 25 heavy (non-hydrogen) atoms. The van der Waals surface area contributed by atoms with Crippen LogP contribution in [0.4, 0.5) is 0 Å². The van der Waals surface area contributed by atoms with Gasteiger partial charge in [0, 0.05) is 38.0 Å². The van der Waals surface area contributed by atoms with Crippen molar-refractivity contribution in [3.63, 3.8) is 0 Å². The van der Waals surface area contributed by atoms with Crippen molar-refractivity contribution in [2.75, 3.05) is 40.3 Å². The summed E-state index contributed by atoms with van der Waals surface area (Å²) in [6.45, 7) is 6.67. The Morgan fingerprint density at radius 2 is 1.32 bits per heavy atom. The van der Waals surface area contributed by atoms with E-state index in [-0.39, 0.29) is 0 Å². The van der Waals surface area contributed by atoms with Gasteiger partial charge in [0.25, 0.3) is 0 Å². The van der Waals surface area contributed by atoms with E-state index in [1.54, 1.807) is 0 Å². The fourth-order valence-electron chi connectivity index (χ4n) is 3.35. The third-order valence-corrected chi connectivity index (χ3v) is 4.76. The van der Waals surface area contributed by atoms with E-state index in [0.29, 0.717) is 0 Å². The molecule has 1 unspecified atom stereocenters. The van der Waals surface area contributed by atoms with E-state index >= 15 is 0 Å². The molecule has 0 spiro atoms. The lowest BCUT2D eigenvalue weighted by Gasteiger charge is -2.35. The molecule has 0 fully saturated rings. The van der Waals surface area contributed by atoms with E-state index in [1.165, 1.54) is 37.1 Å². The molecule has 0 saturated carbocycles. The van der Waals surface area contributed by atoms with Gasteiger partial charge in [0.05, 0.1) is 20.1 Å². The molecule has 0 heterocycles. The summed E-state index contributed by atoms with van der Waals surface area (Å²) in [5.74, 6) is 0. The minimum absolute atomic E-state index is 0.961. The maximum absolute atomic E-state index is 3.58. The molecule has 0 aliphatic rings. The molecule has 0 aromatic heterocycles. The third kappa shape index (κ3) is 7.82. The molecule has 0 aliphatic heterocycles. The second-order valence-electron chi connectivity index (χ2n) is 7.18. The lowest BCUT2D eigenvalue weighted by atomic mass is 10.1. The minimum atomic E-state index is 0.961. The summed E-state index contributed by atoms with van der Waals surface area (Å²) in [7, 11) is 4.44. The van der Waals surface area contributed by atoms with Crippen LogP contribution in [0.15, 0.2) is 60.7 Å². The Labute approximate surface area is 153 Å². The van der Waals surface area contributed by atoms with Gasteiger partial charge < -0.3 is 15.1 Å². The quantitative estimate of drug-likeness (QED) is 0.457. The zero-order valence-corrected chi connectivity index (χ0v) is 15.9. The highest BCUT2D eigenvalue weighted by atomic mass is 15.3. The smallest absolute Gasteiger partial charge is 0.104 e. The molecule has 3 heteroatoms. The van der Waals surface area contributed by atoms with Crippen LogP contribution in [0.5, 0.6) is 0 Å². The lowest BCUT2D eigenvalue weighted by Crippen LogP contribution is -2.46. The number of hydrogen-bond acceptors (Lipinski definition) is 2. The molecule has 0 bridgehead atoms. The highest BCUT2D eigenvalue weighted by Crippen LogP contribution is 2.13. The molecule has 2 rings (SSSR count). The number of hydrogen-bond donors (Lipinski definition) is 2. The fraction of sp³-hybridized carbons (Fsp3) is 0.455. The first-order valence-corrected chi connectivity index (χ1v) is 9.49. The second-order valence-corrected chi connectivity index (χ2v) is 7.18. The minimum Gasteiger partial charge on any atom is -0.322 e. The molecule has 0 radical (unpaired) electrons. The molecule has 0 saturated heterocycles. The third-order valence-electron chi connectivity index (χ3n) is 4.76. The first-order valence-electron chi connectivity index (χ1n) is 9.49. The normalized spacial score (nSPS) is 13.5. The summed E-state index contributed by atoms with van der Waals surface area (Å²) < 4.78 is 1.11. The van der Waals surface area contributed by atoms with Crippen molar-refractivity contribution in [2.24, 2.45) is 0 Å². The highest BCUT2D eigenvalue weighted by Gasteiger charge is 2.21. The van der Waals surface area contributed by atoms with E-state index < -0.39 is 0 Å². The summed E-state index contributed by atoms with van der Waals surface area (Å²) in [5.41, 5.74) is 2.80. The molecule has 2 aromatic rings. The monoisotopic (exact) mass is 340 g/mol. The molecule has 0 aliphatic carbocycles. The standard InChI is InChI=1S/C22H34N3/c1-23-15-9-17-25(2,20-22-13-7-4-8-14-22)18-10-16-24-19-21-11-5-3-6-12-21/h3-8,11-14,23-24H,9-10,15-20H2,1-2H3/q+1. The van der Waals surface area contributed by atoms with Crippen molar-refractivity contribution < 1.29 is 4.48 Å². The summed E-state index contributed by atoms with van der Waals surface area (Å²) >= 11 is 0. The Morgan fingerprint density at radius 3 is 1.92 bits per heavy atom. The number of rotatable bonds is 12. The van der Waals surface area contributed by atoms with Crippen LogP contribution >= 0.6 is 0 Å². The molecule has 1 atom stereocenters. The SMILES string of the molecule is CNCCC[N+](C)(CCCNCc1ccccc1)Cc1ccccc1. The average Bonchev–Trinajstić information content (AvgIpc) is 2.63. The number of quaternary nitrogens is 1. The number of benzene rings is 2. The van der Waals surface area contributed by atoms with Gasteiger partial charge in [-0.2, -0.15) is 0 Å². The average molecular weight is 341 g/mol. The Hall–Kier alpha value is -1.68. The van der Waals surface area contributed by atoms with Gasteiger partial charge in [0.2, 0.25) is 0 Å². The molecule has 2 aromatic carbocycles. The molecule has 136 valence electrons. The Bertz CT molecular complexity index is 570. The molecule has 0 amide bonds. The van der Waals surface area contributed by atoms with E-state index in [1.807, 2.05) is 7.05 Å². The van der Waals surface area contributed by atoms with Crippen LogP contribution in [0.25, 0.3) is 0 Å². The van der Waals surface area contributed by atoms with Crippen molar-refractivity contribution in [1.29, 1.82) is 0 Å². The summed E-state index contributed by atoms with van der Waals surface area (Å²) in [4.78, 5) is 0. The van der Waals surface area contributed by atoms with E-state index in [0.717, 1.165) is 30.7 Å². The largest absolute Gasteiger partial charge is 0.322 e. The van der Waals surface area contributed by atoms with Crippen LogP contribution < -0.4 is 10.6 Å². The van der Waals surface area contributed by atoms with E-state index in [9.17, 15) is 0 Å². The summed E-state index contributed by atoms with van der Waals surface area (Å²) in [6.07, 6.45) is 2.42. The predicted octanol–water partition coefficient (Wildman–Crippen LogP) is 3.42. The topological polar surface area (TPSA) is 24.1 Å². The highest BCUT2D eigenvalue weighted by molar-refractivity contribution is 5.14. The van der Waals surface area contributed by atoms with Gasteiger partial charge in [-0.1, -0.05) is 60.7 Å². The fourth-order valence-corrected chi connectivity index (χ4v) is 3.35. The Morgan fingerprint density at radius 1 is 0.760 bits per heavy atom. The first kappa shape index (κ1) is 19.6. The van der Waals surface area contributed by atoms with Crippen molar-refractivity contribution in [1.82, 2.24) is 10.6 Å². The van der Waals surface area contributed by atoms with Gasteiger partial charge in [0.1, 0.15) is 6.54 Å². The maximum Gasteiger partial charge on any atom is 0.104 e. The van der Waals surface area contributed by atoms with Gasteiger partial charge in [0.15, 0.2) is 0 Å². The van der Waals surface area contributed by atoms with Crippen molar-refractivity contribution in [3.8, 4) is 0 Å². The number of nitrogens with zero attached hydrogens (tertiary/aromatic N) is 1. The van der Waals surface area contributed by atoms with Crippen LogP contribution in [-0.2, 0) is 13.1 Å². The summed E-state index contributed by atoms with van der Waals surface area (Å²) in [5, 5.41) is 6.86. The zero-order chi connectivity index (χ0) is 17.8. The molecule has 3 nitrogen and oxygen atoms in total. The van der Waals surface area contributed by atoms with Crippen LogP contribution in [0.1, 0.15) is 24.0 Å². The van der Waals surface area contributed by atoms with Gasteiger partial charge >= 0.3 is 0 Å². The van der Waals surface area contributed by atoms with E-state index in [2.05, 4.69) is 78.3 Å². The Kier molecular flexibility index (Phi) is 8.67.